The van der Waals surface area contributed by atoms with Crippen molar-refractivity contribution in [1.82, 2.24) is 10.1 Å². The number of methoxy groups -OCH3 is 1. The fourth-order valence-electron chi connectivity index (χ4n) is 3.23. The molecular formula is C20H21N3O3. The summed E-state index contributed by atoms with van der Waals surface area (Å²) in [7, 11) is 1.63. The summed E-state index contributed by atoms with van der Waals surface area (Å²) < 4.78 is 16.2. The van der Waals surface area contributed by atoms with Crippen LogP contribution in [0.15, 0.2) is 47.0 Å². The summed E-state index contributed by atoms with van der Waals surface area (Å²) in [5, 5.41) is 4.01. The van der Waals surface area contributed by atoms with E-state index in [0.717, 1.165) is 36.3 Å². The lowest BCUT2D eigenvalue weighted by molar-refractivity contribution is 0.286. The van der Waals surface area contributed by atoms with Gasteiger partial charge in [0, 0.05) is 11.6 Å². The van der Waals surface area contributed by atoms with Gasteiger partial charge in [-0.3, -0.25) is 0 Å². The lowest BCUT2D eigenvalue weighted by Gasteiger charge is -2.22. The van der Waals surface area contributed by atoms with E-state index >= 15 is 0 Å². The maximum Gasteiger partial charge on any atom is 0.258 e. The van der Waals surface area contributed by atoms with E-state index in [4.69, 9.17) is 19.7 Å². The van der Waals surface area contributed by atoms with E-state index in [9.17, 15) is 0 Å². The highest BCUT2D eigenvalue weighted by molar-refractivity contribution is 5.56. The Morgan fingerprint density at radius 2 is 1.96 bits per heavy atom. The molecule has 0 saturated heterocycles. The molecule has 1 atom stereocenters. The Morgan fingerprint density at radius 1 is 1.15 bits per heavy atom. The number of fused-ring (bicyclic) bond motifs is 1. The van der Waals surface area contributed by atoms with Crippen LogP contribution in [0.25, 0.3) is 11.5 Å². The van der Waals surface area contributed by atoms with Gasteiger partial charge >= 0.3 is 0 Å². The van der Waals surface area contributed by atoms with Crippen molar-refractivity contribution in [2.24, 2.45) is 5.73 Å². The quantitative estimate of drug-likeness (QED) is 0.755. The van der Waals surface area contributed by atoms with Gasteiger partial charge in [0.1, 0.15) is 11.5 Å². The Morgan fingerprint density at radius 3 is 2.77 bits per heavy atom. The van der Waals surface area contributed by atoms with Gasteiger partial charge in [-0.05, 0) is 66.8 Å². The SMILES string of the molecule is COc1ccc(OCc2noc(-c3ccc4c(c3)CCCC4N)n2)cc1. The molecule has 26 heavy (non-hydrogen) atoms. The first-order chi connectivity index (χ1) is 12.7. The number of benzene rings is 2. The van der Waals surface area contributed by atoms with Crippen molar-refractivity contribution in [3.63, 3.8) is 0 Å². The van der Waals surface area contributed by atoms with Gasteiger partial charge in [0.15, 0.2) is 6.61 Å². The maximum atomic E-state index is 6.18. The molecule has 0 aliphatic heterocycles. The van der Waals surface area contributed by atoms with Gasteiger partial charge in [-0.15, -0.1) is 0 Å². The highest BCUT2D eigenvalue weighted by atomic mass is 16.5. The van der Waals surface area contributed by atoms with Gasteiger partial charge in [0.2, 0.25) is 5.82 Å². The lowest BCUT2D eigenvalue weighted by atomic mass is 9.87. The van der Waals surface area contributed by atoms with Gasteiger partial charge in [0.05, 0.1) is 7.11 Å². The largest absolute Gasteiger partial charge is 0.497 e. The van der Waals surface area contributed by atoms with Crippen molar-refractivity contribution >= 4 is 0 Å². The molecule has 134 valence electrons. The van der Waals surface area contributed by atoms with E-state index < -0.39 is 0 Å². The summed E-state index contributed by atoms with van der Waals surface area (Å²) >= 11 is 0. The van der Waals surface area contributed by atoms with Crippen LogP contribution in [0.1, 0.15) is 35.8 Å². The van der Waals surface area contributed by atoms with Crippen LogP contribution < -0.4 is 15.2 Å². The number of aryl methyl sites for hydroxylation is 1. The molecule has 0 saturated carbocycles. The number of nitrogens with two attached hydrogens (primary N) is 1. The Balaban J connectivity index is 1.46. The third-order valence-electron chi connectivity index (χ3n) is 4.65. The predicted octanol–water partition coefficient (Wildman–Crippen LogP) is 3.66. The Kier molecular flexibility index (Phi) is 4.58. The first-order valence-electron chi connectivity index (χ1n) is 8.71. The molecule has 6 heteroatoms. The van der Waals surface area contributed by atoms with E-state index in [0.29, 0.717) is 11.7 Å². The van der Waals surface area contributed by atoms with Gasteiger partial charge in [0.25, 0.3) is 5.89 Å². The molecule has 0 radical (unpaired) electrons. The molecule has 1 unspecified atom stereocenters. The average molecular weight is 351 g/mol. The van der Waals surface area contributed by atoms with E-state index in [2.05, 4.69) is 22.3 Å². The van der Waals surface area contributed by atoms with Crippen molar-refractivity contribution < 1.29 is 14.0 Å². The Hall–Kier alpha value is -2.86. The molecule has 0 spiro atoms. The van der Waals surface area contributed by atoms with Crippen LogP contribution >= 0.6 is 0 Å². The minimum absolute atomic E-state index is 0.129. The van der Waals surface area contributed by atoms with Crippen LogP contribution in [-0.2, 0) is 13.0 Å². The monoisotopic (exact) mass is 351 g/mol. The van der Waals surface area contributed by atoms with Crippen molar-refractivity contribution in [1.29, 1.82) is 0 Å². The summed E-state index contributed by atoms with van der Waals surface area (Å²) in [5.41, 5.74) is 9.59. The van der Waals surface area contributed by atoms with Crippen molar-refractivity contribution in [3.8, 4) is 23.0 Å². The normalized spacial score (nSPS) is 16.2. The second-order valence-electron chi connectivity index (χ2n) is 6.39. The third kappa shape index (κ3) is 3.41. The molecule has 4 rings (SSSR count). The summed E-state index contributed by atoms with van der Waals surface area (Å²) in [6.45, 7) is 0.242. The topological polar surface area (TPSA) is 83.4 Å². The molecule has 2 N–H and O–H groups in total. The first kappa shape index (κ1) is 16.6. The van der Waals surface area contributed by atoms with E-state index in [1.807, 2.05) is 30.3 Å². The van der Waals surface area contributed by atoms with Gasteiger partial charge in [-0.2, -0.15) is 4.98 Å². The zero-order valence-electron chi connectivity index (χ0n) is 14.6. The van der Waals surface area contributed by atoms with Gasteiger partial charge < -0.3 is 19.7 Å². The number of rotatable bonds is 5. The molecule has 1 aliphatic carbocycles. The number of ether oxygens (including phenoxy) is 2. The minimum Gasteiger partial charge on any atom is -0.497 e. The molecule has 1 aromatic heterocycles. The summed E-state index contributed by atoms with van der Waals surface area (Å²) in [4.78, 5) is 4.44. The van der Waals surface area contributed by atoms with Crippen LogP contribution in [0.5, 0.6) is 11.5 Å². The molecule has 6 nitrogen and oxygen atoms in total. The summed E-state index contributed by atoms with van der Waals surface area (Å²) in [6.07, 6.45) is 3.20. The number of hydrogen-bond donors (Lipinski definition) is 1. The highest BCUT2D eigenvalue weighted by Crippen LogP contribution is 2.31. The molecule has 1 heterocycles. The van der Waals surface area contributed by atoms with Crippen LogP contribution in [-0.4, -0.2) is 17.3 Å². The molecular weight excluding hydrogens is 330 g/mol. The van der Waals surface area contributed by atoms with Crippen LogP contribution in [0.4, 0.5) is 0 Å². The smallest absolute Gasteiger partial charge is 0.258 e. The highest BCUT2D eigenvalue weighted by Gasteiger charge is 2.18. The molecule has 0 amide bonds. The van der Waals surface area contributed by atoms with Crippen LogP contribution in [0.3, 0.4) is 0 Å². The van der Waals surface area contributed by atoms with Gasteiger partial charge in [-0.1, -0.05) is 11.2 Å². The minimum atomic E-state index is 0.129. The second kappa shape index (κ2) is 7.17. The zero-order chi connectivity index (χ0) is 17.9. The van der Waals surface area contributed by atoms with E-state index in [1.165, 1.54) is 11.1 Å². The van der Waals surface area contributed by atoms with Crippen molar-refractivity contribution in [2.75, 3.05) is 7.11 Å². The number of hydrogen-bond acceptors (Lipinski definition) is 6. The number of aromatic nitrogens is 2. The van der Waals surface area contributed by atoms with Crippen molar-refractivity contribution in [2.45, 2.75) is 31.9 Å². The maximum absolute atomic E-state index is 6.18. The Bertz CT molecular complexity index is 890. The molecule has 2 aromatic carbocycles. The fraction of sp³-hybridized carbons (Fsp3) is 0.300. The van der Waals surface area contributed by atoms with Crippen molar-refractivity contribution in [3.05, 3.63) is 59.4 Å². The Labute approximate surface area is 151 Å². The first-order valence-corrected chi connectivity index (χ1v) is 8.71. The number of nitrogens with zero attached hydrogens (tertiary/aromatic N) is 2. The summed E-state index contributed by atoms with van der Waals surface area (Å²) in [6, 6.07) is 13.7. The van der Waals surface area contributed by atoms with Crippen LogP contribution in [0, 0.1) is 0 Å². The predicted molar refractivity (Wildman–Crippen MR) is 96.9 cm³/mol. The van der Waals surface area contributed by atoms with E-state index in [1.54, 1.807) is 7.11 Å². The van der Waals surface area contributed by atoms with E-state index in [-0.39, 0.29) is 12.6 Å². The fourth-order valence-corrected chi connectivity index (χ4v) is 3.23. The molecule has 0 fully saturated rings. The van der Waals surface area contributed by atoms with Gasteiger partial charge in [-0.25, -0.2) is 0 Å². The third-order valence-corrected chi connectivity index (χ3v) is 4.65. The molecule has 0 bridgehead atoms. The molecule has 3 aromatic rings. The zero-order valence-corrected chi connectivity index (χ0v) is 14.6. The average Bonchev–Trinajstić information content (AvgIpc) is 3.16. The molecule has 1 aliphatic rings. The summed E-state index contributed by atoms with van der Waals surface area (Å²) in [5.74, 6) is 2.51. The lowest BCUT2D eigenvalue weighted by Crippen LogP contribution is -2.17. The second-order valence-corrected chi connectivity index (χ2v) is 6.39. The van der Waals surface area contributed by atoms with Crippen LogP contribution in [0.2, 0.25) is 0 Å². The standard InChI is InChI=1S/C20H21N3O3/c1-24-15-6-8-16(9-7-15)25-12-19-22-20(26-23-19)14-5-10-17-13(11-14)3-2-4-18(17)21/h5-11,18H,2-4,12,21H2,1H3.